The summed E-state index contributed by atoms with van der Waals surface area (Å²) in [5.41, 5.74) is 23.6. The van der Waals surface area contributed by atoms with Gasteiger partial charge in [0.05, 0.1) is 42.5 Å². The van der Waals surface area contributed by atoms with Crippen molar-refractivity contribution >= 4 is 70.0 Å². The Hall–Kier alpha value is -5.52. The Morgan fingerprint density at radius 1 is 0.558 bits per heavy atom. The highest BCUT2D eigenvalue weighted by Gasteiger charge is 2.51. The Labute approximate surface area is 305 Å². The topological polar surface area (TPSA) is 12.6 Å². The molecule has 4 heterocycles. The molecule has 6 aromatic carbocycles. The molecule has 0 unspecified atom stereocenters. The van der Waals surface area contributed by atoms with Gasteiger partial charge < -0.3 is 4.90 Å². The van der Waals surface area contributed by atoms with E-state index in [-0.39, 0.29) is 18.5 Å². The zero-order valence-electron chi connectivity index (χ0n) is 30.2. The molecule has 2 bridgehead atoms. The summed E-state index contributed by atoms with van der Waals surface area (Å²) in [5, 5.41) is 2.86. The zero-order chi connectivity index (χ0) is 34.8. The van der Waals surface area contributed by atoms with Gasteiger partial charge in [0.15, 0.2) is 0 Å². The Kier molecular flexibility index (Phi) is 5.41. The van der Waals surface area contributed by atoms with Crippen molar-refractivity contribution in [3.8, 4) is 5.69 Å². The first kappa shape index (κ1) is 29.1. The predicted octanol–water partition coefficient (Wildman–Crippen LogP) is 8.65. The number of para-hydroxylation sites is 3. The Bertz CT molecular complexity index is 2840. The number of nitrogens with zero attached hydrogens (tertiary/aromatic N) is 3. The average molecular weight is 684 g/mol. The third-order valence-electron chi connectivity index (χ3n) is 12.8. The van der Waals surface area contributed by atoms with Crippen molar-refractivity contribution < 1.29 is 0 Å². The number of benzene rings is 6. The molecule has 0 saturated carbocycles. The lowest BCUT2D eigenvalue weighted by atomic mass is 9.34. The summed E-state index contributed by atoms with van der Waals surface area (Å²) in [6, 6.07) is 49.1. The quantitative estimate of drug-likeness (QED) is 0.166. The van der Waals surface area contributed by atoms with E-state index in [4.69, 9.17) is 0 Å². The number of hydrogen-bond acceptors (Lipinski definition) is 1. The third kappa shape index (κ3) is 3.35. The van der Waals surface area contributed by atoms with Crippen LogP contribution in [0, 0.1) is 13.8 Å². The maximum atomic E-state index is 2.77. The van der Waals surface area contributed by atoms with Gasteiger partial charge in [0, 0.05) is 17.1 Å². The smallest absolute Gasteiger partial charge is 0.255 e. The van der Waals surface area contributed by atoms with Gasteiger partial charge in [-0.2, -0.15) is 0 Å². The van der Waals surface area contributed by atoms with Crippen LogP contribution in [-0.4, -0.2) is 23.8 Å². The van der Waals surface area contributed by atoms with Crippen LogP contribution in [0.4, 0.5) is 17.1 Å². The van der Waals surface area contributed by atoms with E-state index in [2.05, 4.69) is 175 Å². The van der Waals surface area contributed by atoms with Crippen molar-refractivity contribution in [3.63, 3.8) is 0 Å². The fourth-order valence-electron chi connectivity index (χ4n) is 10.8. The molecule has 3 aliphatic carbocycles. The second kappa shape index (κ2) is 9.67. The summed E-state index contributed by atoms with van der Waals surface area (Å²) in [6.07, 6.45) is 0. The molecule has 0 amide bonds. The first-order valence-electron chi connectivity index (χ1n) is 18.8. The van der Waals surface area contributed by atoms with Crippen LogP contribution >= 0.6 is 0 Å². The minimum absolute atomic E-state index is 0.110. The second-order valence-electron chi connectivity index (χ2n) is 16.6. The van der Waals surface area contributed by atoms with E-state index >= 15 is 0 Å². The van der Waals surface area contributed by atoms with E-state index in [0.29, 0.717) is 0 Å². The lowest BCUT2D eigenvalue weighted by Gasteiger charge is -2.43. The van der Waals surface area contributed by atoms with Gasteiger partial charge in [-0.15, -0.1) is 0 Å². The van der Waals surface area contributed by atoms with Gasteiger partial charge in [-0.3, -0.25) is 8.97 Å². The number of fused-ring (bicyclic) bond motifs is 7. The molecular weight excluding hydrogens is 645 g/mol. The standard InChI is InChI=1S/C47H38BN3Si/c1-27-15-14-16-28(2)44(27)49-37-24-13-11-22-35(37)48-42-34-21-10-12-23-36(34)50-45-40-30-17-6-8-19-32(30)41(33-20-9-7-18-31(33)40)46(45)51(47(42)50)39-26-29(52(3,4)5)25-38(49)43(39)48/h6-26,40-41H,1-5H3. The monoisotopic (exact) mass is 683 g/mol. The summed E-state index contributed by atoms with van der Waals surface area (Å²) >= 11 is 0. The minimum atomic E-state index is -1.79. The Morgan fingerprint density at radius 2 is 1.13 bits per heavy atom. The summed E-state index contributed by atoms with van der Waals surface area (Å²) in [7, 11) is -1.79. The lowest BCUT2D eigenvalue weighted by Crippen LogP contribution is -2.61. The van der Waals surface area contributed by atoms with E-state index < -0.39 is 8.07 Å². The summed E-state index contributed by atoms with van der Waals surface area (Å²) in [5.74, 6) is 0.329. The minimum Gasteiger partial charge on any atom is -0.311 e. The highest BCUT2D eigenvalue weighted by molar-refractivity contribution is 7.01. The average Bonchev–Trinajstić information content (AvgIpc) is 3.68. The molecule has 2 aromatic heterocycles. The van der Waals surface area contributed by atoms with Crippen molar-refractivity contribution in [2.45, 2.75) is 45.3 Å². The van der Waals surface area contributed by atoms with Crippen molar-refractivity contribution in [1.29, 1.82) is 0 Å². The van der Waals surface area contributed by atoms with Gasteiger partial charge in [0.25, 0.3) is 6.71 Å². The maximum Gasteiger partial charge on any atom is 0.255 e. The summed E-state index contributed by atoms with van der Waals surface area (Å²) in [4.78, 5) is 2.63. The maximum absolute atomic E-state index is 2.77. The number of imidazole rings is 1. The van der Waals surface area contributed by atoms with Gasteiger partial charge in [0.1, 0.15) is 5.65 Å². The molecule has 3 nitrogen and oxygen atoms in total. The fourth-order valence-corrected chi connectivity index (χ4v) is 11.9. The third-order valence-corrected chi connectivity index (χ3v) is 14.9. The SMILES string of the molecule is Cc1cccc(C)c1N1c2ccccc2B2c3c1cc([Si](C)(C)C)cc3-n1c3c(n4c5ccccc5c2c14)C1c2ccccc2C3c2ccccc21. The van der Waals surface area contributed by atoms with E-state index in [1.54, 1.807) is 0 Å². The number of aromatic nitrogens is 2. The van der Waals surface area contributed by atoms with E-state index in [1.807, 2.05) is 0 Å². The van der Waals surface area contributed by atoms with Crippen molar-refractivity contribution in [3.05, 3.63) is 172 Å². The van der Waals surface area contributed by atoms with Crippen LogP contribution in [0.3, 0.4) is 0 Å². The van der Waals surface area contributed by atoms with Crippen LogP contribution in [0.25, 0.3) is 22.2 Å². The highest BCUT2D eigenvalue weighted by Crippen LogP contribution is 2.58. The highest BCUT2D eigenvalue weighted by atomic mass is 28.3. The molecule has 0 radical (unpaired) electrons. The fraction of sp³-hybridized carbons (Fsp3) is 0.149. The van der Waals surface area contributed by atoms with Gasteiger partial charge >= 0.3 is 0 Å². The molecule has 5 heteroatoms. The van der Waals surface area contributed by atoms with E-state index in [1.165, 1.54) is 106 Å². The molecule has 8 aromatic rings. The summed E-state index contributed by atoms with van der Waals surface area (Å²) in [6.45, 7) is 12.2. The number of rotatable bonds is 2. The molecule has 0 spiro atoms. The van der Waals surface area contributed by atoms with Crippen molar-refractivity contribution in [2.75, 3.05) is 4.90 Å². The molecule has 0 fully saturated rings. The molecule has 248 valence electrons. The van der Waals surface area contributed by atoms with Gasteiger partial charge in [-0.25, -0.2) is 0 Å². The molecule has 13 rings (SSSR count). The first-order chi connectivity index (χ1) is 25.3. The predicted molar refractivity (Wildman–Crippen MR) is 221 cm³/mol. The van der Waals surface area contributed by atoms with Crippen LogP contribution in [0.15, 0.2) is 127 Å². The molecule has 0 N–H and O–H groups in total. The Balaban J connectivity index is 1.31. The van der Waals surface area contributed by atoms with Crippen LogP contribution in [0.1, 0.15) is 56.6 Å². The van der Waals surface area contributed by atoms with Crippen LogP contribution in [0.5, 0.6) is 0 Å². The number of aryl methyl sites for hydroxylation is 2. The Morgan fingerprint density at radius 3 is 1.81 bits per heavy atom. The summed E-state index contributed by atoms with van der Waals surface area (Å²) < 4.78 is 5.47. The molecule has 0 saturated heterocycles. The molecule has 52 heavy (non-hydrogen) atoms. The van der Waals surface area contributed by atoms with Crippen LogP contribution in [-0.2, 0) is 0 Å². The van der Waals surface area contributed by atoms with Crippen molar-refractivity contribution in [1.82, 2.24) is 8.97 Å². The van der Waals surface area contributed by atoms with E-state index in [0.717, 1.165) is 0 Å². The van der Waals surface area contributed by atoms with Gasteiger partial charge in [-0.1, -0.05) is 128 Å². The number of anilines is 3. The van der Waals surface area contributed by atoms with Crippen LogP contribution in [0.2, 0.25) is 19.6 Å². The molecule has 0 atom stereocenters. The zero-order valence-corrected chi connectivity index (χ0v) is 31.2. The molecule has 2 aliphatic heterocycles. The lowest BCUT2D eigenvalue weighted by molar-refractivity contribution is 0.705. The molecule has 5 aliphatic rings. The molecular formula is C47H38BN3Si. The van der Waals surface area contributed by atoms with Gasteiger partial charge in [0.2, 0.25) is 0 Å². The van der Waals surface area contributed by atoms with Crippen molar-refractivity contribution in [2.24, 2.45) is 0 Å². The normalized spacial score (nSPS) is 17.2. The second-order valence-corrected chi connectivity index (χ2v) is 21.6. The van der Waals surface area contributed by atoms with E-state index in [9.17, 15) is 0 Å². The van der Waals surface area contributed by atoms with Gasteiger partial charge in [-0.05, 0) is 93.3 Å². The largest absolute Gasteiger partial charge is 0.311 e. The first-order valence-corrected chi connectivity index (χ1v) is 22.3. The van der Waals surface area contributed by atoms with Crippen LogP contribution < -0.4 is 26.5 Å². The number of hydrogen-bond donors (Lipinski definition) is 0.